The summed E-state index contributed by atoms with van der Waals surface area (Å²) in [5.74, 6) is -0.437. The minimum atomic E-state index is -3.77. The Morgan fingerprint density at radius 2 is 1.67 bits per heavy atom. The molecule has 1 N–H and O–H groups in total. The Labute approximate surface area is 198 Å². The molecular weight excluding hydrogens is 466 g/mol. The average molecular weight is 494 g/mol. The SMILES string of the molecule is O=C(NC1CCN(C(=O)c2ccoc2)CC1)c1ccc(Cl)c(S(=O)(=O)N2CCCCCC2)c1. The Morgan fingerprint density at radius 1 is 0.970 bits per heavy atom. The highest BCUT2D eigenvalue weighted by atomic mass is 35.5. The van der Waals surface area contributed by atoms with Crippen LogP contribution in [-0.4, -0.2) is 61.7 Å². The van der Waals surface area contributed by atoms with Gasteiger partial charge in [-0.15, -0.1) is 0 Å². The summed E-state index contributed by atoms with van der Waals surface area (Å²) in [6.45, 7) is 1.96. The van der Waals surface area contributed by atoms with Crippen molar-refractivity contribution >= 4 is 33.4 Å². The Morgan fingerprint density at radius 3 is 2.30 bits per heavy atom. The van der Waals surface area contributed by atoms with Gasteiger partial charge >= 0.3 is 0 Å². The number of sulfonamides is 1. The summed E-state index contributed by atoms with van der Waals surface area (Å²) in [6.07, 6.45) is 7.77. The molecule has 4 rings (SSSR count). The van der Waals surface area contributed by atoms with Crippen LogP contribution in [0, 0.1) is 0 Å². The molecule has 2 aliphatic heterocycles. The molecule has 1 aromatic heterocycles. The fourth-order valence-electron chi connectivity index (χ4n) is 4.33. The monoisotopic (exact) mass is 493 g/mol. The van der Waals surface area contributed by atoms with Gasteiger partial charge in [0.15, 0.2) is 0 Å². The number of likely N-dealkylation sites (tertiary alicyclic amines) is 1. The zero-order valence-corrected chi connectivity index (χ0v) is 19.9. The minimum Gasteiger partial charge on any atom is -0.472 e. The molecule has 0 radical (unpaired) electrons. The lowest BCUT2D eigenvalue weighted by Gasteiger charge is -2.32. The first kappa shape index (κ1) is 23.8. The van der Waals surface area contributed by atoms with Crippen LogP contribution in [0.3, 0.4) is 0 Å². The summed E-state index contributed by atoms with van der Waals surface area (Å²) in [5.41, 5.74) is 0.765. The molecule has 2 aromatic rings. The fourth-order valence-corrected chi connectivity index (χ4v) is 6.35. The van der Waals surface area contributed by atoms with Crippen molar-refractivity contribution < 1.29 is 22.4 Å². The topological polar surface area (TPSA) is 99.9 Å². The third kappa shape index (κ3) is 5.42. The molecule has 2 aliphatic rings. The molecular formula is C23H28ClN3O5S. The Balaban J connectivity index is 1.40. The van der Waals surface area contributed by atoms with Gasteiger partial charge in [-0.05, 0) is 49.9 Å². The molecule has 33 heavy (non-hydrogen) atoms. The number of piperidine rings is 1. The predicted octanol–water partition coefficient (Wildman–Crippen LogP) is 3.53. The Bertz CT molecular complexity index is 1090. The molecule has 3 heterocycles. The lowest BCUT2D eigenvalue weighted by Crippen LogP contribution is -2.46. The van der Waals surface area contributed by atoms with Gasteiger partial charge in [0.25, 0.3) is 11.8 Å². The maximum Gasteiger partial charge on any atom is 0.257 e. The Kier molecular flexibility index (Phi) is 7.41. The van der Waals surface area contributed by atoms with Crippen molar-refractivity contribution in [3.8, 4) is 0 Å². The number of hydrogen-bond acceptors (Lipinski definition) is 5. The van der Waals surface area contributed by atoms with E-state index in [2.05, 4.69) is 5.32 Å². The van der Waals surface area contributed by atoms with E-state index in [9.17, 15) is 18.0 Å². The van der Waals surface area contributed by atoms with Crippen LogP contribution in [0.2, 0.25) is 5.02 Å². The standard InChI is InChI=1S/C23H28ClN3O5S/c24-20-6-5-17(15-21(20)33(30,31)27-10-3-1-2-4-11-27)22(28)25-19-7-12-26(13-8-19)23(29)18-9-14-32-16-18/h5-6,9,14-16,19H,1-4,7-8,10-13H2,(H,25,28). The van der Waals surface area contributed by atoms with E-state index in [0.29, 0.717) is 44.6 Å². The molecule has 8 nitrogen and oxygen atoms in total. The third-order valence-electron chi connectivity index (χ3n) is 6.26. The van der Waals surface area contributed by atoms with Crippen LogP contribution in [0.15, 0.2) is 46.1 Å². The van der Waals surface area contributed by atoms with E-state index in [1.54, 1.807) is 11.0 Å². The van der Waals surface area contributed by atoms with Gasteiger partial charge in [-0.1, -0.05) is 24.4 Å². The number of amides is 2. The van der Waals surface area contributed by atoms with Crippen LogP contribution < -0.4 is 5.32 Å². The zero-order chi connectivity index (χ0) is 23.4. The first-order valence-electron chi connectivity index (χ1n) is 11.3. The van der Waals surface area contributed by atoms with Crippen molar-refractivity contribution in [1.82, 2.24) is 14.5 Å². The average Bonchev–Trinajstić information content (AvgIpc) is 3.20. The second-order valence-electron chi connectivity index (χ2n) is 8.52. The predicted molar refractivity (Wildman–Crippen MR) is 124 cm³/mol. The van der Waals surface area contributed by atoms with Crippen LogP contribution in [0.25, 0.3) is 0 Å². The van der Waals surface area contributed by atoms with Crippen molar-refractivity contribution in [2.75, 3.05) is 26.2 Å². The summed E-state index contributed by atoms with van der Waals surface area (Å²) in [6, 6.07) is 5.90. The van der Waals surface area contributed by atoms with Crippen LogP contribution in [0.4, 0.5) is 0 Å². The summed E-state index contributed by atoms with van der Waals surface area (Å²) in [4.78, 5) is 27.0. The summed E-state index contributed by atoms with van der Waals surface area (Å²) in [5, 5.41) is 3.08. The molecule has 0 atom stereocenters. The van der Waals surface area contributed by atoms with E-state index in [-0.39, 0.29) is 33.3 Å². The number of rotatable bonds is 5. The highest BCUT2D eigenvalue weighted by molar-refractivity contribution is 7.89. The Hall–Kier alpha value is -2.36. The number of benzene rings is 1. The van der Waals surface area contributed by atoms with Crippen molar-refractivity contribution in [2.45, 2.75) is 49.5 Å². The molecule has 0 bridgehead atoms. The minimum absolute atomic E-state index is 0.0285. The molecule has 1 aromatic carbocycles. The first-order valence-corrected chi connectivity index (χ1v) is 13.1. The fraction of sp³-hybridized carbons (Fsp3) is 0.478. The molecule has 0 saturated carbocycles. The molecule has 2 amide bonds. The largest absolute Gasteiger partial charge is 0.472 e. The van der Waals surface area contributed by atoms with Crippen LogP contribution in [-0.2, 0) is 10.0 Å². The quantitative estimate of drug-likeness (QED) is 0.686. The molecule has 10 heteroatoms. The number of hydrogen-bond donors (Lipinski definition) is 1. The molecule has 0 unspecified atom stereocenters. The van der Waals surface area contributed by atoms with Crippen LogP contribution in [0.5, 0.6) is 0 Å². The van der Waals surface area contributed by atoms with Crippen molar-refractivity contribution in [2.24, 2.45) is 0 Å². The number of nitrogens with one attached hydrogen (secondary N) is 1. The second-order valence-corrected chi connectivity index (χ2v) is 10.8. The van der Waals surface area contributed by atoms with Gasteiger partial charge in [0.2, 0.25) is 10.0 Å². The zero-order valence-electron chi connectivity index (χ0n) is 18.3. The molecule has 2 fully saturated rings. The van der Waals surface area contributed by atoms with Crippen molar-refractivity contribution in [3.05, 3.63) is 52.9 Å². The van der Waals surface area contributed by atoms with E-state index in [1.807, 2.05) is 0 Å². The number of carbonyl (C=O) groups excluding carboxylic acids is 2. The number of nitrogens with zero attached hydrogens (tertiary/aromatic N) is 2. The number of carbonyl (C=O) groups is 2. The highest BCUT2D eigenvalue weighted by Gasteiger charge is 2.29. The molecule has 0 spiro atoms. The normalized spacial score (nSPS) is 18.6. The number of halogens is 1. The number of furan rings is 1. The third-order valence-corrected chi connectivity index (χ3v) is 8.64. The maximum absolute atomic E-state index is 13.2. The highest BCUT2D eigenvalue weighted by Crippen LogP contribution is 2.28. The lowest BCUT2D eigenvalue weighted by molar-refractivity contribution is 0.0697. The molecule has 0 aliphatic carbocycles. The van der Waals surface area contributed by atoms with Gasteiger partial charge in [0, 0.05) is 37.8 Å². The van der Waals surface area contributed by atoms with E-state index in [1.165, 1.54) is 35.0 Å². The van der Waals surface area contributed by atoms with Crippen LogP contribution in [0.1, 0.15) is 59.2 Å². The van der Waals surface area contributed by atoms with Gasteiger partial charge in [-0.3, -0.25) is 9.59 Å². The molecule has 2 saturated heterocycles. The van der Waals surface area contributed by atoms with Crippen molar-refractivity contribution in [1.29, 1.82) is 0 Å². The molecule has 178 valence electrons. The van der Waals surface area contributed by atoms with Crippen molar-refractivity contribution in [3.63, 3.8) is 0 Å². The van der Waals surface area contributed by atoms with Gasteiger partial charge in [-0.25, -0.2) is 8.42 Å². The van der Waals surface area contributed by atoms with E-state index in [4.69, 9.17) is 16.0 Å². The van der Waals surface area contributed by atoms with Crippen LogP contribution >= 0.6 is 11.6 Å². The lowest BCUT2D eigenvalue weighted by atomic mass is 10.0. The second kappa shape index (κ2) is 10.3. The van der Waals surface area contributed by atoms with Gasteiger partial charge in [-0.2, -0.15) is 4.31 Å². The van der Waals surface area contributed by atoms with Gasteiger partial charge in [0.05, 0.1) is 16.8 Å². The summed E-state index contributed by atoms with van der Waals surface area (Å²) < 4.78 is 32.8. The van der Waals surface area contributed by atoms with E-state index in [0.717, 1.165) is 25.7 Å². The first-order chi connectivity index (χ1) is 15.9. The summed E-state index contributed by atoms with van der Waals surface area (Å²) >= 11 is 6.24. The van der Waals surface area contributed by atoms with Gasteiger partial charge < -0.3 is 14.6 Å². The summed E-state index contributed by atoms with van der Waals surface area (Å²) in [7, 11) is -3.77. The maximum atomic E-state index is 13.2. The smallest absolute Gasteiger partial charge is 0.257 e. The van der Waals surface area contributed by atoms with E-state index < -0.39 is 10.0 Å². The van der Waals surface area contributed by atoms with E-state index >= 15 is 0 Å². The van der Waals surface area contributed by atoms with Gasteiger partial charge in [0.1, 0.15) is 11.2 Å².